The van der Waals surface area contributed by atoms with Crippen LogP contribution in [0.1, 0.15) is 86.5 Å². The Kier molecular flexibility index (Phi) is 12.4. The van der Waals surface area contributed by atoms with E-state index in [1.54, 1.807) is 43.5 Å². The second-order valence-corrected chi connectivity index (χ2v) is 11.1. The van der Waals surface area contributed by atoms with Crippen molar-refractivity contribution in [2.24, 2.45) is 0 Å². The predicted octanol–water partition coefficient (Wildman–Crippen LogP) is 5.65. The molecule has 226 valence electrons. The molecule has 0 spiro atoms. The number of nitrogens with zero attached hydrogens (tertiary/aromatic N) is 1. The highest BCUT2D eigenvalue weighted by molar-refractivity contribution is 5.80. The van der Waals surface area contributed by atoms with Crippen LogP contribution in [0.2, 0.25) is 0 Å². The summed E-state index contributed by atoms with van der Waals surface area (Å²) >= 11 is 0. The summed E-state index contributed by atoms with van der Waals surface area (Å²) in [5.74, 6) is -0.605. The van der Waals surface area contributed by atoms with Crippen LogP contribution in [0.5, 0.6) is 0 Å². The molecule has 3 rings (SSSR count). The second kappa shape index (κ2) is 15.7. The molecule has 42 heavy (non-hydrogen) atoms. The third-order valence-electron chi connectivity index (χ3n) is 7.05. The molecule has 1 aromatic heterocycles. The van der Waals surface area contributed by atoms with Crippen LogP contribution >= 0.6 is 0 Å². The number of aromatic nitrogens is 1. The highest BCUT2D eigenvalue weighted by atomic mass is 19.1. The fourth-order valence-corrected chi connectivity index (χ4v) is 5.03. The van der Waals surface area contributed by atoms with Crippen molar-refractivity contribution in [1.29, 1.82) is 0 Å². The highest BCUT2D eigenvalue weighted by Crippen LogP contribution is 2.38. The number of hydrogen-bond acceptors (Lipinski definition) is 6. The van der Waals surface area contributed by atoms with E-state index in [0.29, 0.717) is 6.61 Å². The number of nitrogens with one attached hydrogen (secondary N) is 1. The van der Waals surface area contributed by atoms with Gasteiger partial charge in [0.05, 0.1) is 43.6 Å². The normalized spacial score (nSPS) is 14.0. The predicted molar refractivity (Wildman–Crippen MR) is 163 cm³/mol. The van der Waals surface area contributed by atoms with Gasteiger partial charge in [-0.2, -0.15) is 0 Å². The van der Waals surface area contributed by atoms with Crippen LogP contribution in [0.3, 0.4) is 0 Å². The average molecular weight is 579 g/mol. The fraction of sp³-hybridized carbons (Fsp3) is 0.412. The van der Waals surface area contributed by atoms with Crippen molar-refractivity contribution in [1.82, 2.24) is 10.3 Å². The number of ether oxygens (including phenoxy) is 1. The van der Waals surface area contributed by atoms with Gasteiger partial charge in [0.25, 0.3) is 0 Å². The molecule has 0 aliphatic carbocycles. The molecular weight excluding hydrogens is 535 g/mol. The molecule has 0 saturated heterocycles. The summed E-state index contributed by atoms with van der Waals surface area (Å²) in [6, 6.07) is 14.8. The number of rotatable bonds is 14. The maximum Gasteiger partial charge on any atom is 0.223 e. The summed E-state index contributed by atoms with van der Waals surface area (Å²) < 4.78 is 19.4. The SMILES string of the molecule is COCc1c(C(C)C)nc(C(C)C)c(/C=C/[C@@H](O)C[C@@H](O)CC(=O)N[C@H](CO)c2ccccc2)c1-c1ccc(F)cc1. The summed E-state index contributed by atoms with van der Waals surface area (Å²) in [5, 5.41) is 33.8. The zero-order valence-corrected chi connectivity index (χ0v) is 25.0. The van der Waals surface area contributed by atoms with E-state index in [1.807, 2.05) is 32.0 Å². The molecule has 3 aromatic rings. The number of benzene rings is 2. The van der Waals surface area contributed by atoms with E-state index in [4.69, 9.17) is 9.72 Å². The number of hydrogen-bond donors (Lipinski definition) is 4. The first-order valence-corrected chi connectivity index (χ1v) is 14.4. The Morgan fingerprint density at radius 3 is 2.21 bits per heavy atom. The van der Waals surface area contributed by atoms with Gasteiger partial charge in [-0.15, -0.1) is 0 Å². The number of amides is 1. The number of carbonyl (C=O) groups excluding carboxylic acids is 1. The van der Waals surface area contributed by atoms with E-state index in [9.17, 15) is 24.5 Å². The van der Waals surface area contributed by atoms with Gasteiger partial charge in [-0.25, -0.2) is 4.39 Å². The Labute approximate surface area is 248 Å². The lowest BCUT2D eigenvalue weighted by molar-refractivity contribution is -0.124. The number of carbonyl (C=O) groups is 1. The maximum atomic E-state index is 13.9. The lowest BCUT2D eigenvalue weighted by Gasteiger charge is -2.23. The molecule has 3 atom stereocenters. The minimum absolute atomic E-state index is 0.0495. The lowest BCUT2D eigenvalue weighted by Crippen LogP contribution is -2.33. The van der Waals surface area contributed by atoms with Crippen molar-refractivity contribution < 1.29 is 29.2 Å². The first kappa shape index (κ1) is 33.1. The van der Waals surface area contributed by atoms with E-state index in [-0.39, 0.29) is 37.1 Å². The molecule has 7 nitrogen and oxygen atoms in total. The molecule has 1 amide bonds. The topological polar surface area (TPSA) is 112 Å². The summed E-state index contributed by atoms with van der Waals surface area (Å²) in [4.78, 5) is 17.6. The molecule has 0 fully saturated rings. The third-order valence-corrected chi connectivity index (χ3v) is 7.05. The monoisotopic (exact) mass is 578 g/mol. The molecule has 0 aliphatic rings. The Morgan fingerprint density at radius 2 is 1.64 bits per heavy atom. The number of aliphatic hydroxyl groups excluding tert-OH is 3. The zero-order valence-electron chi connectivity index (χ0n) is 25.0. The second-order valence-electron chi connectivity index (χ2n) is 11.1. The largest absolute Gasteiger partial charge is 0.394 e. The zero-order chi connectivity index (χ0) is 30.8. The van der Waals surface area contributed by atoms with Gasteiger partial charge in [0.15, 0.2) is 0 Å². The van der Waals surface area contributed by atoms with Crippen molar-refractivity contribution in [3.05, 3.63) is 94.6 Å². The van der Waals surface area contributed by atoms with Gasteiger partial charge >= 0.3 is 0 Å². The molecule has 0 bridgehead atoms. The maximum absolute atomic E-state index is 13.9. The van der Waals surface area contributed by atoms with Crippen LogP contribution in [0.15, 0.2) is 60.7 Å². The number of aliphatic hydroxyl groups is 3. The van der Waals surface area contributed by atoms with E-state index in [0.717, 1.165) is 39.2 Å². The molecule has 4 N–H and O–H groups in total. The molecule has 0 radical (unpaired) electrons. The quantitative estimate of drug-likeness (QED) is 0.197. The van der Waals surface area contributed by atoms with Crippen molar-refractivity contribution >= 4 is 12.0 Å². The van der Waals surface area contributed by atoms with Crippen molar-refractivity contribution in [2.75, 3.05) is 13.7 Å². The van der Waals surface area contributed by atoms with Gasteiger partial charge in [0.1, 0.15) is 5.82 Å². The number of methoxy groups -OCH3 is 1. The first-order valence-electron chi connectivity index (χ1n) is 14.4. The van der Waals surface area contributed by atoms with E-state index >= 15 is 0 Å². The van der Waals surface area contributed by atoms with Gasteiger partial charge in [-0.3, -0.25) is 9.78 Å². The van der Waals surface area contributed by atoms with Gasteiger partial charge < -0.3 is 25.4 Å². The smallest absolute Gasteiger partial charge is 0.223 e. The Balaban J connectivity index is 1.87. The minimum atomic E-state index is -1.11. The van der Waals surface area contributed by atoms with Crippen LogP contribution in [0, 0.1) is 5.82 Å². The van der Waals surface area contributed by atoms with E-state index < -0.39 is 24.2 Å². The van der Waals surface area contributed by atoms with Crippen molar-refractivity contribution in [3.8, 4) is 11.1 Å². The number of halogens is 1. The molecule has 0 aliphatic heterocycles. The summed E-state index contributed by atoms with van der Waals surface area (Å²) in [6.45, 7) is 8.25. The third kappa shape index (κ3) is 8.79. The van der Waals surface area contributed by atoms with Gasteiger partial charge in [-0.05, 0) is 40.7 Å². The minimum Gasteiger partial charge on any atom is -0.394 e. The summed E-state index contributed by atoms with van der Waals surface area (Å²) in [6.07, 6.45) is 0.931. The van der Waals surface area contributed by atoms with Crippen LogP contribution < -0.4 is 5.32 Å². The van der Waals surface area contributed by atoms with Crippen molar-refractivity contribution in [3.63, 3.8) is 0 Å². The molecular formula is C34H43FN2O5. The Bertz CT molecular complexity index is 1330. The van der Waals surface area contributed by atoms with Gasteiger partial charge in [-0.1, -0.05) is 82.3 Å². The lowest BCUT2D eigenvalue weighted by atomic mass is 9.87. The Hall–Kier alpha value is -3.43. The molecule has 1 heterocycles. The van der Waals surface area contributed by atoms with Crippen molar-refractivity contribution in [2.45, 2.75) is 77.2 Å². The van der Waals surface area contributed by atoms with Crippen LogP contribution in [-0.4, -0.2) is 52.1 Å². The summed E-state index contributed by atoms with van der Waals surface area (Å²) in [5.41, 5.74) is 5.83. The fourth-order valence-electron chi connectivity index (χ4n) is 5.03. The van der Waals surface area contributed by atoms with Crippen LogP contribution in [0.25, 0.3) is 17.2 Å². The van der Waals surface area contributed by atoms with E-state index in [2.05, 4.69) is 19.2 Å². The van der Waals surface area contributed by atoms with E-state index in [1.165, 1.54) is 12.1 Å². The summed E-state index contributed by atoms with van der Waals surface area (Å²) in [7, 11) is 1.62. The van der Waals surface area contributed by atoms with Gasteiger partial charge in [0.2, 0.25) is 5.91 Å². The van der Waals surface area contributed by atoms with Gasteiger partial charge in [0, 0.05) is 30.4 Å². The van der Waals surface area contributed by atoms with Crippen LogP contribution in [-0.2, 0) is 16.1 Å². The molecule has 0 unspecified atom stereocenters. The average Bonchev–Trinajstić information content (AvgIpc) is 2.95. The number of pyridine rings is 1. The standard InChI is InChI=1S/C34H43FN2O5/c1-21(2)33-28(32(24-11-13-25(35)14-12-24)29(20-42-5)34(37-33)22(3)4)16-15-26(39)17-27(40)18-31(41)36-30(19-38)23-9-7-6-8-10-23/h6-16,21-22,26-27,30,38-40H,17-20H2,1-5H3,(H,36,41)/b16-15+/t26-,27-,30-/m1/s1. The molecule has 8 heteroatoms. The first-order chi connectivity index (χ1) is 20.0. The van der Waals surface area contributed by atoms with Crippen LogP contribution in [0.4, 0.5) is 4.39 Å². The highest BCUT2D eigenvalue weighted by Gasteiger charge is 2.23. The Morgan fingerprint density at radius 1 is 1.00 bits per heavy atom. The molecule has 0 saturated carbocycles. The molecule has 2 aromatic carbocycles.